The molecule has 2 heterocycles. The van der Waals surface area contributed by atoms with Crippen LogP contribution in [-0.2, 0) is 17.8 Å². The summed E-state index contributed by atoms with van der Waals surface area (Å²) < 4.78 is 6.30. The number of rotatable bonds is 7. The van der Waals surface area contributed by atoms with Crippen molar-refractivity contribution in [1.82, 2.24) is 15.5 Å². The predicted molar refractivity (Wildman–Crippen MR) is 129 cm³/mol. The molecule has 1 atom stereocenters. The van der Waals surface area contributed by atoms with Gasteiger partial charge in [-0.05, 0) is 71.5 Å². The van der Waals surface area contributed by atoms with Gasteiger partial charge >= 0.3 is 6.03 Å². The lowest BCUT2D eigenvalue weighted by Gasteiger charge is -2.24. The van der Waals surface area contributed by atoms with Gasteiger partial charge in [-0.1, -0.05) is 23.7 Å². The molecule has 3 aromatic rings. The van der Waals surface area contributed by atoms with Gasteiger partial charge in [0.05, 0.1) is 7.11 Å². The summed E-state index contributed by atoms with van der Waals surface area (Å²) in [6.07, 6.45) is 2.22. The number of nitrogens with zero attached hydrogens (tertiary/aromatic N) is 1. The second kappa shape index (κ2) is 10.2. The van der Waals surface area contributed by atoms with Crippen LogP contribution in [0.5, 0.6) is 5.75 Å². The first-order chi connectivity index (χ1) is 15.5. The number of halogens is 1. The van der Waals surface area contributed by atoms with E-state index in [9.17, 15) is 9.59 Å². The molecule has 0 aliphatic carbocycles. The fourth-order valence-corrected chi connectivity index (χ4v) is 5.10. The number of nitrogens with one attached hydrogen (secondary N) is 2. The van der Waals surface area contributed by atoms with Crippen LogP contribution in [0.15, 0.2) is 47.8 Å². The number of urea groups is 1. The van der Waals surface area contributed by atoms with Crippen LogP contribution >= 0.6 is 22.9 Å². The first-order valence-corrected chi connectivity index (χ1v) is 11.9. The number of thiophene rings is 1. The van der Waals surface area contributed by atoms with E-state index in [4.69, 9.17) is 16.3 Å². The Kier molecular flexibility index (Phi) is 7.17. The third kappa shape index (κ3) is 5.16. The summed E-state index contributed by atoms with van der Waals surface area (Å²) in [5.74, 6) is 0.711. The number of fused-ring (bicyclic) bond motifs is 1. The molecule has 4 rings (SSSR count). The molecule has 1 saturated heterocycles. The average Bonchev–Trinajstić information content (AvgIpc) is 3.45. The number of ether oxygens (including phenoxy) is 1. The van der Waals surface area contributed by atoms with Crippen molar-refractivity contribution in [2.75, 3.05) is 20.2 Å². The van der Waals surface area contributed by atoms with Crippen molar-refractivity contribution in [3.8, 4) is 5.75 Å². The molecule has 0 saturated carbocycles. The SMILES string of the molecule is COc1ccc(CCNC(=O)[C@@H]2CCCN2C(=O)NCc2csc3ccc(Cl)cc23)cc1. The number of carbonyl (C=O) groups excluding carboxylic acids is 2. The fraction of sp³-hybridized carbons (Fsp3) is 0.333. The van der Waals surface area contributed by atoms with E-state index < -0.39 is 6.04 Å². The predicted octanol–water partition coefficient (Wildman–Crippen LogP) is 4.60. The molecule has 2 N–H and O–H groups in total. The minimum atomic E-state index is -0.431. The Labute approximate surface area is 196 Å². The topological polar surface area (TPSA) is 70.7 Å². The van der Waals surface area contributed by atoms with E-state index in [0.29, 0.717) is 31.1 Å². The summed E-state index contributed by atoms with van der Waals surface area (Å²) in [6.45, 7) is 1.51. The van der Waals surface area contributed by atoms with E-state index in [1.54, 1.807) is 23.3 Å². The molecule has 1 aliphatic heterocycles. The van der Waals surface area contributed by atoms with Crippen molar-refractivity contribution in [1.29, 1.82) is 0 Å². The summed E-state index contributed by atoms with van der Waals surface area (Å²) in [5.41, 5.74) is 2.15. The van der Waals surface area contributed by atoms with Crippen LogP contribution in [0.1, 0.15) is 24.0 Å². The van der Waals surface area contributed by atoms with Gasteiger partial charge in [-0.25, -0.2) is 4.79 Å². The summed E-state index contributed by atoms with van der Waals surface area (Å²) in [7, 11) is 1.64. The lowest BCUT2D eigenvalue weighted by molar-refractivity contribution is -0.124. The molecule has 2 aromatic carbocycles. The van der Waals surface area contributed by atoms with Crippen LogP contribution in [0.2, 0.25) is 5.02 Å². The molecule has 0 bridgehead atoms. The number of benzene rings is 2. The van der Waals surface area contributed by atoms with Crippen LogP contribution in [0.4, 0.5) is 4.79 Å². The van der Waals surface area contributed by atoms with Gasteiger partial charge in [0.2, 0.25) is 5.91 Å². The number of carbonyl (C=O) groups is 2. The zero-order valence-electron chi connectivity index (χ0n) is 17.9. The molecule has 1 fully saturated rings. The van der Waals surface area contributed by atoms with Gasteiger partial charge in [-0.3, -0.25) is 4.79 Å². The maximum absolute atomic E-state index is 12.8. The second-order valence-corrected chi connectivity index (χ2v) is 9.15. The molecule has 8 heteroatoms. The monoisotopic (exact) mass is 471 g/mol. The van der Waals surface area contributed by atoms with Crippen LogP contribution in [0.25, 0.3) is 10.1 Å². The lowest BCUT2D eigenvalue weighted by atomic mass is 10.1. The number of amides is 3. The summed E-state index contributed by atoms with van der Waals surface area (Å²) in [5, 5.41) is 9.72. The maximum atomic E-state index is 12.8. The Hall–Kier alpha value is -2.77. The maximum Gasteiger partial charge on any atom is 0.318 e. The Morgan fingerprint density at radius 3 is 2.78 bits per heavy atom. The van der Waals surface area contributed by atoms with Crippen molar-refractivity contribution in [2.45, 2.75) is 31.8 Å². The van der Waals surface area contributed by atoms with Crippen molar-refractivity contribution < 1.29 is 14.3 Å². The van der Waals surface area contributed by atoms with Gasteiger partial charge < -0.3 is 20.3 Å². The smallest absolute Gasteiger partial charge is 0.318 e. The Morgan fingerprint density at radius 1 is 1.19 bits per heavy atom. The van der Waals surface area contributed by atoms with Crippen LogP contribution in [-0.4, -0.2) is 43.1 Å². The molecular weight excluding hydrogens is 446 g/mol. The molecule has 168 valence electrons. The molecule has 0 radical (unpaired) electrons. The fourth-order valence-electron chi connectivity index (χ4n) is 3.99. The standard InChI is InChI=1S/C24H26ClN3O3S/c1-31-19-7-4-16(5-8-19)10-11-26-23(29)21-3-2-12-28(21)24(30)27-14-17-15-32-22-9-6-18(25)13-20(17)22/h4-9,13,15,21H,2-3,10-12,14H2,1H3,(H,26,29)(H,27,30)/t21-/m0/s1. The van der Waals surface area contributed by atoms with E-state index >= 15 is 0 Å². The second-order valence-electron chi connectivity index (χ2n) is 7.80. The minimum absolute atomic E-state index is 0.0982. The molecule has 0 spiro atoms. The molecule has 3 amide bonds. The van der Waals surface area contributed by atoms with Gasteiger partial charge in [0.15, 0.2) is 0 Å². The van der Waals surface area contributed by atoms with Gasteiger partial charge in [0, 0.05) is 29.4 Å². The molecule has 6 nitrogen and oxygen atoms in total. The average molecular weight is 472 g/mol. The highest BCUT2D eigenvalue weighted by Crippen LogP contribution is 2.28. The highest BCUT2D eigenvalue weighted by Gasteiger charge is 2.33. The molecular formula is C24H26ClN3O3S. The third-order valence-corrected chi connectivity index (χ3v) is 6.98. The van der Waals surface area contributed by atoms with Crippen LogP contribution < -0.4 is 15.4 Å². The Morgan fingerprint density at radius 2 is 2.00 bits per heavy atom. The lowest BCUT2D eigenvalue weighted by Crippen LogP contribution is -2.49. The highest BCUT2D eigenvalue weighted by molar-refractivity contribution is 7.17. The first kappa shape index (κ1) is 22.4. The minimum Gasteiger partial charge on any atom is -0.497 e. The summed E-state index contributed by atoms with van der Waals surface area (Å²) in [4.78, 5) is 27.2. The summed E-state index contributed by atoms with van der Waals surface area (Å²) in [6, 6.07) is 12.9. The normalized spacial score (nSPS) is 15.7. The van der Waals surface area contributed by atoms with Gasteiger partial charge in [0.1, 0.15) is 11.8 Å². The van der Waals surface area contributed by atoms with Gasteiger partial charge in [0.25, 0.3) is 0 Å². The quantitative estimate of drug-likeness (QED) is 0.529. The van der Waals surface area contributed by atoms with Crippen molar-refractivity contribution in [3.63, 3.8) is 0 Å². The first-order valence-electron chi connectivity index (χ1n) is 10.7. The third-order valence-electron chi connectivity index (χ3n) is 5.73. The van der Waals surface area contributed by atoms with E-state index in [2.05, 4.69) is 10.6 Å². The van der Waals surface area contributed by atoms with Crippen LogP contribution in [0.3, 0.4) is 0 Å². The van der Waals surface area contributed by atoms with Crippen molar-refractivity contribution >= 4 is 45.0 Å². The molecule has 1 aliphatic rings. The van der Waals surface area contributed by atoms with Crippen LogP contribution in [0, 0.1) is 0 Å². The van der Waals surface area contributed by atoms with Gasteiger partial charge in [-0.2, -0.15) is 0 Å². The van der Waals surface area contributed by atoms with Crippen molar-refractivity contribution in [3.05, 3.63) is 64.0 Å². The zero-order chi connectivity index (χ0) is 22.5. The number of likely N-dealkylation sites (tertiary alicyclic amines) is 1. The summed E-state index contributed by atoms with van der Waals surface area (Å²) >= 11 is 7.75. The van der Waals surface area contributed by atoms with Gasteiger partial charge in [-0.15, -0.1) is 11.3 Å². The van der Waals surface area contributed by atoms with E-state index in [0.717, 1.165) is 39.8 Å². The Bertz CT molecular complexity index is 1100. The molecule has 0 unspecified atom stereocenters. The number of hydrogen-bond donors (Lipinski definition) is 2. The van der Waals surface area contributed by atoms with E-state index in [1.165, 1.54) is 0 Å². The number of hydrogen-bond acceptors (Lipinski definition) is 4. The Balaban J connectivity index is 1.29. The highest BCUT2D eigenvalue weighted by atomic mass is 35.5. The van der Waals surface area contributed by atoms with Crippen molar-refractivity contribution in [2.24, 2.45) is 0 Å². The van der Waals surface area contributed by atoms with E-state index in [-0.39, 0.29) is 11.9 Å². The molecule has 1 aromatic heterocycles. The zero-order valence-corrected chi connectivity index (χ0v) is 19.5. The largest absolute Gasteiger partial charge is 0.497 e. The molecule has 32 heavy (non-hydrogen) atoms. The van der Waals surface area contributed by atoms with E-state index in [1.807, 2.05) is 47.8 Å². The number of methoxy groups -OCH3 is 1.